The molecule has 0 bridgehead atoms. The molecule has 8 heavy (non-hydrogen) atoms. The summed E-state index contributed by atoms with van der Waals surface area (Å²) < 4.78 is 0. The third kappa shape index (κ3) is 5.21. The first kappa shape index (κ1) is 11.8. The monoisotopic (exact) mass is 189 g/mol. The van der Waals surface area contributed by atoms with E-state index in [2.05, 4.69) is 20.8 Å². The summed E-state index contributed by atoms with van der Waals surface area (Å²) >= 11 is 0. The predicted octanol–water partition coefficient (Wildman–Crippen LogP) is 1.19. The van der Waals surface area contributed by atoms with Gasteiger partial charge in [-0.1, -0.05) is 19.3 Å². The Bertz CT molecular complexity index is 46.5. The van der Waals surface area contributed by atoms with Gasteiger partial charge in [0.25, 0.3) is 0 Å². The Morgan fingerprint density at radius 2 is 1.88 bits per heavy atom. The second-order valence-corrected chi connectivity index (χ2v) is 2.62. The topological polar surface area (TPSA) is 26.0 Å². The molecule has 0 rings (SSSR count). The summed E-state index contributed by atoms with van der Waals surface area (Å²) in [7, 11) is 0. The van der Waals surface area contributed by atoms with Crippen molar-refractivity contribution in [3.63, 3.8) is 0 Å². The Morgan fingerprint density at radius 3 is 1.88 bits per heavy atom. The van der Waals surface area contributed by atoms with Crippen LogP contribution in [0.1, 0.15) is 20.3 Å². The molecule has 0 unspecified atom stereocenters. The molecule has 0 spiro atoms. The Kier molecular flexibility index (Phi) is 7.23. The second-order valence-electron chi connectivity index (χ2n) is 2.62. The van der Waals surface area contributed by atoms with Gasteiger partial charge < -0.3 is 12.7 Å². The number of rotatable bonds is 2. The molecule has 0 amide bonds. The summed E-state index contributed by atoms with van der Waals surface area (Å²) in [6.07, 6.45) is 0.920. The zero-order valence-electron chi connectivity index (χ0n) is 5.78. The maximum absolute atomic E-state index is 5.38. The van der Waals surface area contributed by atoms with Crippen LogP contribution in [-0.4, -0.2) is 6.54 Å². The Morgan fingerprint density at radius 1 is 1.50 bits per heavy atom. The largest absolute Gasteiger partial charge is 0.343 e. The zero-order chi connectivity index (χ0) is 5.91. The van der Waals surface area contributed by atoms with Crippen LogP contribution in [0.3, 0.4) is 0 Å². The van der Waals surface area contributed by atoms with Gasteiger partial charge in [0, 0.05) is 32.7 Å². The van der Waals surface area contributed by atoms with Crippen LogP contribution in [0.25, 0.3) is 0 Å². The fourth-order valence-corrected chi connectivity index (χ4v) is 0.102. The third-order valence-electron chi connectivity index (χ3n) is 1.23. The summed E-state index contributed by atoms with van der Waals surface area (Å²) in [6.45, 7) is 8.70. The van der Waals surface area contributed by atoms with E-state index >= 15 is 0 Å². The van der Waals surface area contributed by atoms with Crippen molar-refractivity contribution in [2.75, 3.05) is 6.54 Å². The fourth-order valence-electron chi connectivity index (χ4n) is 0.102. The first-order valence-electron chi connectivity index (χ1n) is 2.62. The van der Waals surface area contributed by atoms with Gasteiger partial charge in [0.1, 0.15) is 0 Å². The van der Waals surface area contributed by atoms with Crippen LogP contribution in [0, 0.1) is 12.3 Å². The molecule has 2 heteroatoms. The van der Waals surface area contributed by atoms with E-state index in [9.17, 15) is 0 Å². The van der Waals surface area contributed by atoms with Crippen molar-refractivity contribution in [2.24, 2.45) is 11.1 Å². The fraction of sp³-hybridized carbons (Fsp3) is 0.833. The number of hydrogen-bond donors (Lipinski definition) is 1. The maximum Gasteiger partial charge on any atom is 0 e. The van der Waals surface area contributed by atoms with Gasteiger partial charge in [0.05, 0.1) is 0 Å². The number of nitrogens with two attached hydrogens (primary N) is 1. The van der Waals surface area contributed by atoms with E-state index in [1.807, 2.05) is 0 Å². The molecule has 0 aliphatic heterocycles. The molecule has 0 fully saturated rings. The summed E-state index contributed by atoms with van der Waals surface area (Å²) in [5.74, 6) is 0. The molecular weight excluding hydrogens is 175 g/mol. The van der Waals surface area contributed by atoms with Crippen molar-refractivity contribution >= 4 is 0 Å². The first-order valence-corrected chi connectivity index (χ1v) is 2.62. The van der Waals surface area contributed by atoms with Crippen LogP contribution in [0.5, 0.6) is 0 Å². The van der Waals surface area contributed by atoms with Crippen molar-refractivity contribution in [1.82, 2.24) is 0 Å². The van der Waals surface area contributed by atoms with Gasteiger partial charge in [-0.3, -0.25) is 0 Å². The predicted molar refractivity (Wildman–Crippen MR) is 32.8 cm³/mol. The van der Waals surface area contributed by atoms with Crippen LogP contribution in [0.2, 0.25) is 0 Å². The van der Waals surface area contributed by atoms with Gasteiger partial charge in [-0.15, -0.1) is 0 Å². The standard InChI is InChI=1S/C6H14N.Y/c1-4-6(2,3)5-7;/h1,4-5,7H2,2-3H3;/q-1;. The molecule has 0 saturated heterocycles. The van der Waals surface area contributed by atoms with Gasteiger partial charge in [-0.05, 0) is 6.54 Å². The van der Waals surface area contributed by atoms with Crippen LogP contribution in [-0.2, 0) is 32.7 Å². The molecule has 2 N–H and O–H groups in total. The average molecular weight is 189 g/mol. The van der Waals surface area contributed by atoms with E-state index in [0.717, 1.165) is 13.0 Å². The Balaban J connectivity index is 0. The van der Waals surface area contributed by atoms with Gasteiger partial charge in [-0.25, -0.2) is 0 Å². The summed E-state index contributed by atoms with van der Waals surface area (Å²) in [5, 5.41) is 0. The molecule has 0 saturated carbocycles. The maximum atomic E-state index is 5.38. The Labute approximate surface area is 77.3 Å². The van der Waals surface area contributed by atoms with Crippen LogP contribution >= 0.6 is 0 Å². The third-order valence-corrected chi connectivity index (χ3v) is 1.23. The van der Waals surface area contributed by atoms with Gasteiger partial charge in [0.2, 0.25) is 0 Å². The van der Waals surface area contributed by atoms with Crippen molar-refractivity contribution < 1.29 is 32.7 Å². The molecule has 0 aliphatic carbocycles. The first-order chi connectivity index (χ1) is 3.12. The van der Waals surface area contributed by atoms with Crippen LogP contribution in [0.4, 0.5) is 0 Å². The molecule has 47 valence electrons. The van der Waals surface area contributed by atoms with Crippen molar-refractivity contribution in [3.8, 4) is 0 Å². The van der Waals surface area contributed by atoms with E-state index in [1.54, 1.807) is 0 Å². The number of hydrogen-bond acceptors (Lipinski definition) is 1. The quantitative estimate of drug-likeness (QED) is 0.649. The van der Waals surface area contributed by atoms with Gasteiger partial charge >= 0.3 is 0 Å². The van der Waals surface area contributed by atoms with Gasteiger partial charge in [-0.2, -0.15) is 6.42 Å². The van der Waals surface area contributed by atoms with E-state index in [-0.39, 0.29) is 38.1 Å². The van der Waals surface area contributed by atoms with Crippen molar-refractivity contribution in [2.45, 2.75) is 20.3 Å². The normalized spacial score (nSPS) is 10.5. The van der Waals surface area contributed by atoms with Crippen LogP contribution < -0.4 is 5.73 Å². The zero-order valence-corrected chi connectivity index (χ0v) is 8.61. The van der Waals surface area contributed by atoms with Gasteiger partial charge in [0.15, 0.2) is 0 Å². The average Bonchev–Trinajstić information content (AvgIpc) is 1.68. The molecule has 0 aliphatic rings. The minimum Gasteiger partial charge on any atom is -0.343 e. The molecule has 0 aromatic carbocycles. The van der Waals surface area contributed by atoms with E-state index in [0.29, 0.717) is 0 Å². The summed E-state index contributed by atoms with van der Waals surface area (Å²) in [5.41, 5.74) is 5.63. The molecule has 0 atom stereocenters. The van der Waals surface area contributed by atoms with E-state index < -0.39 is 0 Å². The molecule has 0 aromatic rings. The summed E-state index contributed by atoms with van der Waals surface area (Å²) in [6, 6.07) is 0. The SMILES string of the molecule is [CH2-]CC(C)(C)CN.[Y]. The minimum atomic E-state index is 0. The molecule has 0 heterocycles. The molecule has 1 nitrogen and oxygen atoms in total. The minimum absolute atomic E-state index is 0. The molecular formula is C6H14NY-. The van der Waals surface area contributed by atoms with Crippen LogP contribution in [0.15, 0.2) is 0 Å². The smallest absolute Gasteiger partial charge is 0 e. The van der Waals surface area contributed by atoms with Crippen molar-refractivity contribution in [1.29, 1.82) is 0 Å². The Hall–Kier alpha value is 1.06. The second kappa shape index (κ2) is 4.90. The van der Waals surface area contributed by atoms with Crippen molar-refractivity contribution in [3.05, 3.63) is 6.92 Å². The molecule has 1 radical (unpaired) electrons. The molecule has 0 aromatic heterocycles. The summed E-state index contributed by atoms with van der Waals surface area (Å²) in [4.78, 5) is 0. The van der Waals surface area contributed by atoms with E-state index in [4.69, 9.17) is 5.73 Å². The van der Waals surface area contributed by atoms with E-state index in [1.165, 1.54) is 0 Å².